The average Bonchev–Trinajstić information content (AvgIpc) is 1.97. The molecule has 1 saturated carbocycles. The van der Waals surface area contributed by atoms with Crippen molar-refractivity contribution in [2.75, 3.05) is 0 Å². The molecule has 0 bridgehead atoms. The number of carbonyl (C=O) groups excluding carboxylic acids is 1. The molecule has 0 atom stereocenters. The lowest BCUT2D eigenvalue weighted by atomic mass is 9.74. The molecule has 0 aromatic heterocycles. The molecule has 1 rings (SSSR count). The highest BCUT2D eigenvalue weighted by atomic mass is 19.4. The SMILES string of the molecule is O=C(O)CC1(NC(=O)C(F)(F)F)CCC1. The molecule has 0 aromatic carbocycles. The highest BCUT2D eigenvalue weighted by Crippen LogP contribution is 2.35. The monoisotopic (exact) mass is 225 g/mol. The number of carboxylic acids is 1. The minimum Gasteiger partial charge on any atom is -0.481 e. The fourth-order valence-corrected chi connectivity index (χ4v) is 1.55. The fraction of sp³-hybridized carbons (Fsp3) is 0.750. The number of halogens is 3. The Labute approximate surface area is 83.5 Å². The van der Waals surface area contributed by atoms with Gasteiger partial charge in [0.1, 0.15) is 0 Å². The maximum absolute atomic E-state index is 11.9. The molecule has 4 nitrogen and oxygen atoms in total. The van der Waals surface area contributed by atoms with Crippen molar-refractivity contribution in [1.29, 1.82) is 0 Å². The van der Waals surface area contributed by atoms with Gasteiger partial charge in [-0.2, -0.15) is 13.2 Å². The molecule has 1 fully saturated rings. The second-order valence-electron chi connectivity index (χ2n) is 3.66. The topological polar surface area (TPSA) is 66.4 Å². The molecule has 0 radical (unpaired) electrons. The molecule has 1 aliphatic carbocycles. The van der Waals surface area contributed by atoms with Crippen LogP contribution in [0.3, 0.4) is 0 Å². The smallest absolute Gasteiger partial charge is 0.471 e. The van der Waals surface area contributed by atoms with Crippen LogP contribution < -0.4 is 5.32 Å². The summed E-state index contributed by atoms with van der Waals surface area (Å²) in [4.78, 5) is 21.0. The van der Waals surface area contributed by atoms with Crippen LogP contribution >= 0.6 is 0 Å². The molecule has 86 valence electrons. The molecule has 2 N–H and O–H groups in total. The van der Waals surface area contributed by atoms with Crippen LogP contribution in [-0.2, 0) is 9.59 Å². The van der Waals surface area contributed by atoms with Crippen molar-refractivity contribution in [1.82, 2.24) is 5.32 Å². The molecular weight excluding hydrogens is 215 g/mol. The van der Waals surface area contributed by atoms with E-state index in [1.54, 1.807) is 5.32 Å². The predicted octanol–water partition coefficient (Wildman–Crippen LogP) is 1.06. The average molecular weight is 225 g/mol. The van der Waals surface area contributed by atoms with Gasteiger partial charge in [-0.1, -0.05) is 0 Å². The van der Waals surface area contributed by atoms with E-state index in [-0.39, 0.29) is 12.8 Å². The summed E-state index contributed by atoms with van der Waals surface area (Å²) in [5.74, 6) is -3.28. The van der Waals surface area contributed by atoms with Crippen LogP contribution in [0.1, 0.15) is 25.7 Å². The van der Waals surface area contributed by atoms with Crippen molar-refractivity contribution in [2.24, 2.45) is 0 Å². The molecule has 1 aliphatic rings. The molecule has 0 aromatic rings. The molecule has 7 heteroatoms. The number of carbonyl (C=O) groups is 2. The first-order valence-electron chi connectivity index (χ1n) is 4.36. The molecule has 0 saturated heterocycles. The van der Waals surface area contributed by atoms with Gasteiger partial charge in [-0.25, -0.2) is 0 Å². The molecular formula is C8H10F3NO3. The van der Waals surface area contributed by atoms with Crippen molar-refractivity contribution < 1.29 is 27.9 Å². The Morgan fingerprint density at radius 1 is 1.33 bits per heavy atom. The Morgan fingerprint density at radius 3 is 2.13 bits per heavy atom. The van der Waals surface area contributed by atoms with Gasteiger partial charge in [0.2, 0.25) is 0 Å². The number of aliphatic carboxylic acids is 1. The third kappa shape index (κ3) is 2.84. The summed E-state index contributed by atoms with van der Waals surface area (Å²) in [5, 5.41) is 10.3. The van der Waals surface area contributed by atoms with Gasteiger partial charge in [0.25, 0.3) is 0 Å². The zero-order chi connectivity index (χ0) is 11.7. The lowest BCUT2D eigenvalue weighted by Crippen LogP contribution is -2.57. The van der Waals surface area contributed by atoms with Crippen molar-refractivity contribution in [3.8, 4) is 0 Å². The Morgan fingerprint density at radius 2 is 1.87 bits per heavy atom. The van der Waals surface area contributed by atoms with E-state index in [1.807, 2.05) is 0 Å². The summed E-state index contributed by atoms with van der Waals surface area (Å²) in [6.07, 6.45) is -4.23. The van der Waals surface area contributed by atoms with Crippen LogP contribution in [0.25, 0.3) is 0 Å². The van der Waals surface area contributed by atoms with Gasteiger partial charge in [-0.3, -0.25) is 9.59 Å². The quantitative estimate of drug-likeness (QED) is 0.754. The Hall–Kier alpha value is -1.27. The van der Waals surface area contributed by atoms with Crippen molar-refractivity contribution in [3.63, 3.8) is 0 Å². The zero-order valence-electron chi connectivity index (χ0n) is 7.73. The number of rotatable bonds is 3. The number of nitrogens with one attached hydrogen (secondary N) is 1. The lowest BCUT2D eigenvalue weighted by molar-refractivity contribution is -0.177. The number of hydrogen-bond acceptors (Lipinski definition) is 2. The number of carboxylic acid groups (broad SMARTS) is 1. The first-order valence-corrected chi connectivity index (χ1v) is 4.36. The van der Waals surface area contributed by atoms with Crippen LogP contribution in [0.4, 0.5) is 13.2 Å². The second kappa shape index (κ2) is 3.71. The standard InChI is InChI=1S/C8H10F3NO3/c9-8(10,11)6(15)12-7(2-1-3-7)4-5(13)14/h1-4H2,(H,12,15)(H,13,14). The van der Waals surface area contributed by atoms with Gasteiger partial charge >= 0.3 is 18.1 Å². The largest absolute Gasteiger partial charge is 0.481 e. The van der Waals surface area contributed by atoms with Gasteiger partial charge in [0, 0.05) is 0 Å². The van der Waals surface area contributed by atoms with E-state index < -0.39 is 30.0 Å². The van der Waals surface area contributed by atoms with E-state index in [2.05, 4.69) is 0 Å². The summed E-state index contributed by atoms with van der Waals surface area (Å²) < 4.78 is 35.8. The van der Waals surface area contributed by atoms with Crippen molar-refractivity contribution in [2.45, 2.75) is 37.4 Å². The normalized spacial score (nSPS) is 19.1. The summed E-state index contributed by atoms with van der Waals surface area (Å²) in [6, 6.07) is 0. The number of amides is 1. The maximum Gasteiger partial charge on any atom is 0.471 e. The van der Waals surface area contributed by atoms with Gasteiger partial charge in [0.15, 0.2) is 0 Å². The minimum atomic E-state index is -4.96. The summed E-state index contributed by atoms with van der Waals surface area (Å²) in [6.45, 7) is 0. The Kier molecular flexibility index (Phi) is 2.92. The second-order valence-corrected chi connectivity index (χ2v) is 3.66. The molecule has 0 aliphatic heterocycles. The van der Waals surface area contributed by atoms with Gasteiger partial charge in [0.05, 0.1) is 12.0 Å². The third-order valence-electron chi connectivity index (χ3n) is 2.44. The zero-order valence-corrected chi connectivity index (χ0v) is 7.73. The van der Waals surface area contributed by atoms with Crippen molar-refractivity contribution >= 4 is 11.9 Å². The van der Waals surface area contributed by atoms with Crippen molar-refractivity contribution in [3.05, 3.63) is 0 Å². The first-order chi connectivity index (χ1) is 6.75. The fourth-order valence-electron chi connectivity index (χ4n) is 1.55. The van der Waals surface area contributed by atoms with Gasteiger partial charge < -0.3 is 10.4 Å². The summed E-state index contributed by atoms with van der Waals surface area (Å²) in [7, 11) is 0. The van der Waals surface area contributed by atoms with Crippen LogP contribution in [0.2, 0.25) is 0 Å². The van der Waals surface area contributed by atoms with Crippen LogP contribution in [0.15, 0.2) is 0 Å². The van der Waals surface area contributed by atoms with E-state index in [1.165, 1.54) is 0 Å². The highest BCUT2D eigenvalue weighted by molar-refractivity contribution is 5.83. The number of hydrogen-bond donors (Lipinski definition) is 2. The van der Waals surface area contributed by atoms with E-state index in [9.17, 15) is 22.8 Å². The first kappa shape index (κ1) is 11.8. The summed E-state index contributed by atoms with van der Waals surface area (Å²) >= 11 is 0. The van der Waals surface area contributed by atoms with E-state index in [4.69, 9.17) is 5.11 Å². The molecule has 0 heterocycles. The van der Waals surface area contributed by atoms with Crippen LogP contribution in [0.5, 0.6) is 0 Å². The lowest BCUT2D eigenvalue weighted by Gasteiger charge is -2.41. The van der Waals surface area contributed by atoms with E-state index in [0.29, 0.717) is 6.42 Å². The Balaban J connectivity index is 2.61. The predicted molar refractivity (Wildman–Crippen MR) is 43.0 cm³/mol. The molecule has 0 unspecified atom stereocenters. The van der Waals surface area contributed by atoms with Crippen LogP contribution in [0, 0.1) is 0 Å². The molecule has 0 spiro atoms. The summed E-state index contributed by atoms with van der Waals surface area (Å²) in [5.41, 5.74) is -1.20. The third-order valence-corrected chi connectivity index (χ3v) is 2.44. The maximum atomic E-state index is 11.9. The van der Waals surface area contributed by atoms with Gasteiger partial charge in [-0.05, 0) is 19.3 Å². The number of alkyl halides is 3. The van der Waals surface area contributed by atoms with Crippen LogP contribution in [-0.4, -0.2) is 28.7 Å². The van der Waals surface area contributed by atoms with E-state index >= 15 is 0 Å². The molecule has 1 amide bonds. The van der Waals surface area contributed by atoms with E-state index in [0.717, 1.165) is 0 Å². The highest BCUT2D eigenvalue weighted by Gasteiger charge is 2.47. The minimum absolute atomic E-state index is 0.279. The van der Waals surface area contributed by atoms with Gasteiger partial charge in [-0.15, -0.1) is 0 Å². The Bertz CT molecular complexity index is 283. The molecule has 15 heavy (non-hydrogen) atoms.